The third-order valence-corrected chi connectivity index (χ3v) is 1.76. The Balaban J connectivity index is 2.39. The topological polar surface area (TPSA) is 72.6 Å². The predicted octanol–water partition coefficient (Wildman–Crippen LogP) is -0.565. The normalized spacial score (nSPS) is 28.3. The number of carboxylic acid groups (broad SMARTS) is 1. The van der Waals surface area contributed by atoms with Gasteiger partial charge >= 0.3 is 5.97 Å². The molecule has 0 aromatic heterocycles. The zero-order valence-corrected chi connectivity index (χ0v) is 5.62. The van der Waals surface area contributed by atoms with E-state index in [1.165, 1.54) is 0 Å². The summed E-state index contributed by atoms with van der Waals surface area (Å²) in [4.78, 5) is 10.3. The molecule has 10 heavy (non-hydrogen) atoms. The predicted molar refractivity (Wildman–Crippen MR) is 34.5 cm³/mol. The molecule has 0 amide bonds. The molecule has 0 bridgehead atoms. The molecule has 4 nitrogen and oxygen atoms in total. The number of carbonyl (C=O) groups is 1. The third-order valence-electron chi connectivity index (χ3n) is 1.76. The van der Waals surface area contributed by atoms with Crippen LogP contribution in [-0.2, 0) is 9.53 Å². The molecule has 0 saturated carbocycles. The smallest absolute Gasteiger partial charge is 0.320 e. The van der Waals surface area contributed by atoms with E-state index in [0.717, 1.165) is 6.42 Å². The monoisotopic (exact) mass is 145 g/mol. The van der Waals surface area contributed by atoms with Crippen molar-refractivity contribution < 1.29 is 14.6 Å². The fourth-order valence-electron chi connectivity index (χ4n) is 1.04. The van der Waals surface area contributed by atoms with Crippen LogP contribution in [0.3, 0.4) is 0 Å². The van der Waals surface area contributed by atoms with Gasteiger partial charge in [-0.25, -0.2) is 0 Å². The molecule has 0 spiro atoms. The maximum absolute atomic E-state index is 10.3. The highest BCUT2D eigenvalue weighted by molar-refractivity contribution is 5.73. The van der Waals surface area contributed by atoms with Crippen LogP contribution in [-0.4, -0.2) is 30.3 Å². The molecule has 2 atom stereocenters. The minimum Gasteiger partial charge on any atom is -0.480 e. The second kappa shape index (κ2) is 2.98. The Labute approximate surface area is 59.0 Å². The van der Waals surface area contributed by atoms with Crippen LogP contribution in [0.25, 0.3) is 0 Å². The lowest BCUT2D eigenvalue weighted by Gasteiger charge is -2.11. The van der Waals surface area contributed by atoms with Crippen LogP contribution in [0.15, 0.2) is 0 Å². The largest absolute Gasteiger partial charge is 0.480 e. The summed E-state index contributed by atoms with van der Waals surface area (Å²) >= 11 is 0. The average Bonchev–Trinajstić information content (AvgIpc) is 2.36. The number of hydrogen-bond donors (Lipinski definition) is 2. The molecule has 1 fully saturated rings. The molecule has 1 saturated heterocycles. The maximum atomic E-state index is 10.3. The fraction of sp³-hybridized carbons (Fsp3) is 0.833. The summed E-state index contributed by atoms with van der Waals surface area (Å²) in [6, 6.07) is -0.748. The first-order valence-corrected chi connectivity index (χ1v) is 3.28. The van der Waals surface area contributed by atoms with Crippen LogP contribution in [0.2, 0.25) is 0 Å². The van der Waals surface area contributed by atoms with Crippen molar-refractivity contribution in [3.05, 3.63) is 0 Å². The average molecular weight is 145 g/mol. The Kier molecular flexibility index (Phi) is 2.24. The van der Waals surface area contributed by atoms with Crippen LogP contribution >= 0.6 is 0 Å². The lowest BCUT2D eigenvalue weighted by molar-refractivity contribution is -0.139. The van der Waals surface area contributed by atoms with Gasteiger partial charge in [-0.05, 0) is 6.42 Å². The molecular formula is C6H11NO3. The van der Waals surface area contributed by atoms with Crippen molar-refractivity contribution in [1.82, 2.24) is 0 Å². The van der Waals surface area contributed by atoms with Gasteiger partial charge in [-0.3, -0.25) is 4.79 Å². The Bertz CT molecular complexity index is 131. The van der Waals surface area contributed by atoms with Gasteiger partial charge in [0.25, 0.3) is 0 Å². The second-order valence-electron chi connectivity index (χ2n) is 2.49. The molecule has 4 heteroatoms. The minimum absolute atomic E-state index is 0.0116. The fourth-order valence-corrected chi connectivity index (χ4v) is 1.04. The van der Waals surface area contributed by atoms with Crippen LogP contribution in [0.4, 0.5) is 0 Å². The second-order valence-corrected chi connectivity index (χ2v) is 2.49. The van der Waals surface area contributed by atoms with E-state index >= 15 is 0 Å². The van der Waals surface area contributed by atoms with Crippen molar-refractivity contribution in [1.29, 1.82) is 0 Å². The first kappa shape index (κ1) is 7.50. The SMILES string of the molecule is N[C@@H](C(=O)O)C1CCOC1. The first-order valence-electron chi connectivity index (χ1n) is 3.28. The summed E-state index contributed by atoms with van der Waals surface area (Å²) in [5.41, 5.74) is 5.34. The molecule has 1 unspecified atom stereocenters. The van der Waals surface area contributed by atoms with Gasteiger partial charge in [0.1, 0.15) is 6.04 Å². The molecule has 0 aromatic carbocycles. The lowest BCUT2D eigenvalue weighted by Crippen LogP contribution is -2.38. The quantitative estimate of drug-likeness (QED) is 0.546. The summed E-state index contributed by atoms with van der Waals surface area (Å²) < 4.78 is 4.99. The van der Waals surface area contributed by atoms with Gasteiger partial charge in [-0.15, -0.1) is 0 Å². The van der Waals surface area contributed by atoms with Crippen LogP contribution in [0.1, 0.15) is 6.42 Å². The van der Waals surface area contributed by atoms with Crippen LogP contribution in [0.5, 0.6) is 0 Å². The maximum Gasteiger partial charge on any atom is 0.320 e. The molecule has 1 aliphatic rings. The molecule has 58 valence electrons. The summed E-state index contributed by atoms with van der Waals surface area (Å²) in [5.74, 6) is -0.923. The van der Waals surface area contributed by atoms with E-state index in [4.69, 9.17) is 15.6 Å². The number of carboxylic acids is 1. The zero-order valence-electron chi connectivity index (χ0n) is 5.62. The minimum atomic E-state index is -0.935. The summed E-state index contributed by atoms with van der Waals surface area (Å²) in [6.07, 6.45) is 0.771. The Morgan fingerprint density at radius 3 is 2.90 bits per heavy atom. The van der Waals surface area contributed by atoms with Gasteiger partial charge < -0.3 is 15.6 Å². The zero-order chi connectivity index (χ0) is 7.56. The van der Waals surface area contributed by atoms with Crippen molar-refractivity contribution in [2.75, 3.05) is 13.2 Å². The number of nitrogens with two attached hydrogens (primary N) is 1. The van der Waals surface area contributed by atoms with Crippen molar-refractivity contribution in [3.63, 3.8) is 0 Å². The van der Waals surface area contributed by atoms with E-state index in [1.54, 1.807) is 0 Å². The number of rotatable bonds is 2. The summed E-state index contributed by atoms with van der Waals surface area (Å²) in [7, 11) is 0. The van der Waals surface area contributed by atoms with Gasteiger partial charge in [0.15, 0.2) is 0 Å². The summed E-state index contributed by atoms with van der Waals surface area (Å²) in [5, 5.41) is 8.46. The van der Waals surface area contributed by atoms with E-state index in [2.05, 4.69) is 0 Å². The van der Waals surface area contributed by atoms with E-state index in [-0.39, 0.29) is 5.92 Å². The number of hydrogen-bond acceptors (Lipinski definition) is 3. The molecule has 0 aromatic rings. The number of aliphatic carboxylic acids is 1. The molecule has 0 aliphatic carbocycles. The van der Waals surface area contributed by atoms with Crippen LogP contribution in [0, 0.1) is 5.92 Å². The lowest BCUT2D eigenvalue weighted by atomic mass is 10.0. The van der Waals surface area contributed by atoms with Crippen molar-refractivity contribution in [3.8, 4) is 0 Å². The van der Waals surface area contributed by atoms with E-state index < -0.39 is 12.0 Å². The highest BCUT2D eigenvalue weighted by Gasteiger charge is 2.27. The van der Waals surface area contributed by atoms with Gasteiger partial charge in [-0.2, -0.15) is 0 Å². The van der Waals surface area contributed by atoms with Gasteiger partial charge in [-0.1, -0.05) is 0 Å². The van der Waals surface area contributed by atoms with Gasteiger partial charge in [0.05, 0.1) is 6.61 Å². The van der Waals surface area contributed by atoms with E-state index in [9.17, 15) is 4.79 Å². The highest BCUT2D eigenvalue weighted by atomic mass is 16.5. The standard InChI is InChI=1S/C6H11NO3/c7-5(6(8)9)4-1-2-10-3-4/h4-5H,1-3,7H2,(H,8,9)/t4?,5-/m1/s1. The van der Waals surface area contributed by atoms with E-state index in [0.29, 0.717) is 13.2 Å². The number of ether oxygens (including phenoxy) is 1. The van der Waals surface area contributed by atoms with Crippen molar-refractivity contribution in [2.45, 2.75) is 12.5 Å². The molecule has 1 heterocycles. The Morgan fingerprint density at radius 2 is 2.50 bits per heavy atom. The van der Waals surface area contributed by atoms with Crippen molar-refractivity contribution >= 4 is 5.97 Å². The molecule has 1 aliphatic heterocycles. The summed E-state index contributed by atoms with van der Waals surface area (Å²) in [6.45, 7) is 1.14. The van der Waals surface area contributed by atoms with E-state index in [1.807, 2.05) is 0 Å². The van der Waals surface area contributed by atoms with Crippen LogP contribution < -0.4 is 5.73 Å². The Hall–Kier alpha value is -0.610. The molecule has 0 radical (unpaired) electrons. The van der Waals surface area contributed by atoms with Crippen molar-refractivity contribution in [2.24, 2.45) is 11.7 Å². The molecular weight excluding hydrogens is 134 g/mol. The highest BCUT2D eigenvalue weighted by Crippen LogP contribution is 2.14. The first-order chi connectivity index (χ1) is 4.72. The molecule has 3 N–H and O–H groups in total. The Morgan fingerprint density at radius 1 is 1.80 bits per heavy atom. The van der Waals surface area contributed by atoms with Gasteiger partial charge in [0.2, 0.25) is 0 Å². The molecule has 1 rings (SSSR count). The van der Waals surface area contributed by atoms with Gasteiger partial charge in [0, 0.05) is 12.5 Å². The third kappa shape index (κ3) is 1.46.